The maximum atomic E-state index is 13.3. The molecule has 0 unspecified atom stereocenters. The van der Waals surface area contributed by atoms with E-state index < -0.39 is 0 Å². The van der Waals surface area contributed by atoms with Gasteiger partial charge >= 0.3 is 0 Å². The van der Waals surface area contributed by atoms with Crippen molar-refractivity contribution in [1.82, 2.24) is 9.80 Å². The van der Waals surface area contributed by atoms with Gasteiger partial charge in [0, 0.05) is 49.9 Å². The van der Waals surface area contributed by atoms with E-state index in [1.54, 1.807) is 36.4 Å². The van der Waals surface area contributed by atoms with Crippen molar-refractivity contribution in [3.8, 4) is 0 Å². The number of carbonyl (C=O) groups excluding carboxylic acids is 3. The summed E-state index contributed by atoms with van der Waals surface area (Å²) in [6.45, 7) is 2.91. The molecule has 0 spiro atoms. The van der Waals surface area contributed by atoms with Gasteiger partial charge in [-0.2, -0.15) is 0 Å². The molecule has 2 saturated heterocycles. The summed E-state index contributed by atoms with van der Waals surface area (Å²) in [4.78, 5) is 40.8. The number of benzene rings is 2. The second-order valence-corrected chi connectivity index (χ2v) is 8.74. The van der Waals surface area contributed by atoms with Crippen LogP contribution in [-0.2, 0) is 20.9 Å². The highest BCUT2D eigenvalue weighted by atomic mass is 19.1. The third-order valence-corrected chi connectivity index (χ3v) is 6.34. The van der Waals surface area contributed by atoms with Crippen LogP contribution in [0.4, 0.5) is 15.8 Å². The first-order chi connectivity index (χ1) is 15.9. The van der Waals surface area contributed by atoms with E-state index in [0.29, 0.717) is 24.3 Å². The van der Waals surface area contributed by atoms with E-state index in [4.69, 9.17) is 0 Å². The Hall–Kier alpha value is -3.26. The van der Waals surface area contributed by atoms with Gasteiger partial charge in [-0.05, 0) is 61.2 Å². The van der Waals surface area contributed by atoms with Crippen LogP contribution >= 0.6 is 0 Å². The van der Waals surface area contributed by atoms with Crippen molar-refractivity contribution >= 4 is 29.1 Å². The molecule has 0 saturated carbocycles. The van der Waals surface area contributed by atoms with Crippen molar-refractivity contribution in [2.24, 2.45) is 0 Å². The van der Waals surface area contributed by atoms with Crippen LogP contribution in [0.5, 0.6) is 0 Å². The van der Waals surface area contributed by atoms with E-state index in [1.807, 2.05) is 4.90 Å². The Bertz CT molecular complexity index is 1010. The van der Waals surface area contributed by atoms with E-state index in [2.05, 4.69) is 15.5 Å². The molecule has 33 heavy (non-hydrogen) atoms. The molecule has 2 heterocycles. The molecule has 4 rings (SSSR count). The van der Waals surface area contributed by atoms with Gasteiger partial charge in [0.15, 0.2) is 0 Å². The average Bonchev–Trinajstić information content (AvgIpc) is 3.08. The van der Waals surface area contributed by atoms with Crippen LogP contribution < -0.4 is 10.6 Å². The fraction of sp³-hybridized carbons (Fsp3) is 0.400. The van der Waals surface area contributed by atoms with Crippen molar-refractivity contribution in [2.45, 2.75) is 51.2 Å². The van der Waals surface area contributed by atoms with Gasteiger partial charge in [0.25, 0.3) is 0 Å². The summed E-state index contributed by atoms with van der Waals surface area (Å²) in [6, 6.07) is 13.5. The lowest BCUT2D eigenvalue weighted by Gasteiger charge is -2.33. The van der Waals surface area contributed by atoms with E-state index in [9.17, 15) is 18.8 Å². The topological polar surface area (TPSA) is 81.8 Å². The first-order valence-corrected chi connectivity index (χ1v) is 11.3. The number of anilines is 2. The average molecular weight is 453 g/mol. The van der Waals surface area contributed by atoms with Crippen molar-refractivity contribution < 1.29 is 18.8 Å². The number of hydrogen-bond donors (Lipinski definition) is 2. The van der Waals surface area contributed by atoms with Gasteiger partial charge in [-0.25, -0.2) is 4.39 Å². The van der Waals surface area contributed by atoms with E-state index >= 15 is 0 Å². The van der Waals surface area contributed by atoms with Crippen molar-refractivity contribution in [1.29, 1.82) is 0 Å². The molecule has 2 atom stereocenters. The lowest BCUT2D eigenvalue weighted by atomic mass is 10.0. The maximum Gasteiger partial charge on any atom is 0.238 e. The minimum absolute atomic E-state index is 0.0507. The Morgan fingerprint density at radius 1 is 0.970 bits per heavy atom. The summed E-state index contributed by atoms with van der Waals surface area (Å²) >= 11 is 0. The van der Waals surface area contributed by atoms with E-state index in [-0.39, 0.29) is 42.2 Å². The normalized spacial score (nSPS) is 20.8. The van der Waals surface area contributed by atoms with Crippen LogP contribution in [0.1, 0.15) is 38.2 Å². The van der Waals surface area contributed by atoms with Crippen LogP contribution in [0.15, 0.2) is 48.5 Å². The SMILES string of the molecule is CC(=O)Nc1ccc(NC(=O)CN2CC[C@H]3[C@@H]2CCCC(=O)N3Cc2ccc(F)cc2)cc1. The van der Waals surface area contributed by atoms with Crippen LogP contribution in [-0.4, -0.2) is 52.7 Å². The zero-order valence-corrected chi connectivity index (χ0v) is 18.7. The molecule has 2 fully saturated rings. The number of fused-ring (bicyclic) bond motifs is 1. The van der Waals surface area contributed by atoms with Crippen LogP contribution in [0.2, 0.25) is 0 Å². The van der Waals surface area contributed by atoms with Crippen molar-refractivity contribution in [3.63, 3.8) is 0 Å². The van der Waals surface area contributed by atoms with Crippen molar-refractivity contribution in [3.05, 3.63) is 59.9 Å². The van der Waals surface area contributed by atoms with Gasteiger partial charge < -0.3 is 15.5 Å². The molecule has 2 aromatic carbocycles. The molecule has 7 nitrogen and oxygen atoms in total. The van der Waals surface area contributed by atoms with E-state index in [1.165, 1.54) is 19.1 Å². The fourth-order valence-electron chi connectivity index (χ4n) is 4.84. The molecular weight excluding hydrogens is 423 g/mol. The summed E-state index contributed by atoms with van der Waals surface area (Å²) < 4.78 is 13.3. The predicted octanol–water partition coefficient (Wildman–Crippen LogP) is 3.38. The molecule has 2 aromatic rings. The van der Waals surface area contributed by atoms with Gasteiger partial charge in [0.05, 0.1) is 6.54 Å². The number of halogens is 1. The largest absolute Gasteiger partial charge is 0.334 e. The Morgan fingerprint density at radius 2 is 1.64 bits per heavy atom. The molecule has 8 heteroatoms. The smallest absolute Gasteiger partial charge is 0.238 e. The highest BCUT2D eigenvalue weighted by Crippen LogP contribution is 2.31. The third kappa shape index (κ3) is 5.76. The summed E-state index contributed by atoms with van der Waals surface area (Å²) in [7, 11) is 0. The van der Waals surface area contributed by atoms with Crippen LogP contribution in [0.25, 0.3) is 0 Å². The van der Waals surface area contributed by atoms with Gasteiger partial charge in [-0.15, -0.1) is 0 Å². The molecule has 0 aromatic heterocycles. The Labute approximate surface area is 192 Å². The minimum atomic E-state index is -0.290. The van der Waals surface area contributed by atoms with Gasteiger partial charge in [-0.3, -0.25) is 19.3 Å². The Kier molecular flexibility index (Phi) is 7.03. The van der Waals surface area contributed by atoms with Crippen LogP contribution in [0.3, 0.4) is 0 Å². The first kappa shape index (κ1) is 22.9. The Morgan fingerprint density at radius 3 is 2.30 bits per heavy atom. The summed E-state index contributed by atoms with van der Waals surface area (Å²) in [5, 5.41) is 5.61. The summed E-state index contributed by atoms with van der Waals surface area (Å²) in [5.74, 6) is -0.423. The molecule has 2 aliphatic heterocycles. The molecule has 0 radical (unpaired) electrons. The zero-order valence-electron chi connectivity index (χ0n) is 18.7. The molecule has 0 aliphatic carbocycles. The van der Waals surface area contributed by atoms with Gasteiger partial charge in [0.2, 0.25) is 17.7 Å². The number of rotatable bonds is 6. The van der Waals surface area contributed by atoms with Gasteiger partial charge in [-0.1, -0.05) is 12.1 Å². The first-order valence-electron chi connectivity index (χ1n) is 11.3. The lowest BCUT2D eigenvalue weighted by Crippen LogP contribution is -2.47. The quantitative estimate of drug-likeness (QED) is 0.704. The molecular formula is C25H29FN4O3. The predicted molar refractivity (Wildman–Crippen MR) is 124 cm³/mol. The lowest BCUT2D eigenvalue weighted by molar-refractivity contribution is -0.133. The number of nitrogens with zero attached hydrogens (tertiary/aromatic N) is 2. The monoisotopic (exact) mass is 452 g/mol. The number of hydrogen-bond acceptors (Lipinski definition) is 4. The minimum Gasteiger partial charge on any atom is -0.334 e. The number of carbonyl (C=O) groups is 3. The highest BCUT2D eigenvalue weighted by molar-refractivity contribution is 5.93. The van der Waals surface area contributed by atoms with Gasteiger partial charge in [0.1, 0.15) is 5.82 Å². The molecule has 2 aliphatic rings. The number of nitrogens with one attached hydrogen (secondary N) is 2. The Balaban J connectivity index is 1.38. The fourth-order valence-corrected chi connectivity index (χ4v) is 4.84. The molecule has 174 valence electrons. The third-order valence-electron chi connectivity index (χ3n) is 6.34. The molecule has 2 N–H and O–H groups in total. The molecule has 0 bridgehead atoms. The molecule has 3 amide bonds. The number of likely N-dealkylation sites (tertiary alicyclic amines) is 2. The van der Waals surface area contributed by atoms with Crippen molar-refractivity contribution in [2.75, 3.05) is 23.7 Å². The number of amides is 3. The maximum absolute atomic E-state index is 13.3. The summed E-state index contributed by atoms with van der Waals surface area (Å²) in [5.41, 5.74) is 2.25. The van der Waals surface area contributed by atoms with E-state index in [0.717, 1.165) is 31.4 Å². The summed E-state index contributed by atoms with van der Waals surface area (Å²) in [6.07, 6.45) is 2.98. The standard InChI is InChI=1S/C25H29FN4O3/c1-17(31)27-20-9-11-21(12-10-20)28-24(32)16-29-14-13-23-22(29)3-2-4-25(33)30(23)15-18-5-7-19(26)8-6-18/h5-12,22-23H,2-4,13-16H2,1H3,(H,27,31)(H,28,32)/t22-,23-/m0/s1. The van der Waals surface area contributed by atoms with Crippen LogP contribution in [0, 0.1) is 5.82 Å². The second kappa shape index (κ2) is 10.1. The second-order valence-electron chi connectivity index (χ2n) is 8.74. The highest BCUT2D eigenvalue weighted by Gasteiger charge is 2.41. The zero-order chi connectivity index (χ0) is 23.4.